The highest BCUT2D eigenvalue weighted by Gasteiger charge is 2.17. The molecule has 144 valence electrons. The molecule has 0 spiro atoms. The molecule has 26 heavy (non-hydrogen) atoms. The predicted octanol–water partition coefficient (Wildman–Crippen LogP) is 4.42. The quantitative estimate of drug-likeness (QED) is 0.481. The summed E-state index contributed by atoms with van der Waals surface area (Å²) < 4.78 is 11.0. The maximum absolute atomic E-state index is 11.8. The van der Waals surface area contributed by atoms with Crippen molar-refractivity contribution in [3.05, 3.63) is 22.7 Å². The molecule has 1 fully saturated rings. The molecule has 0 aromatic heterocycles. The smallest absolute Gasteiger partial charge is 0.308 e. The van der Waals surface area contributed by atoms with Crippen molar-refractivity contribution in [2.45, 2.75) is 58.3 Å². The van der Waals surface area contributed by atoms with Gasteiger partial charge < -0.3 is 25.5 Å². The Kier molecular flexibility index (Phi) is 7.29. The van der Waals surface area contributed by atoms with Gasteiger partial charge in [-0.1, -0.05) is 11.6 Å². The summed E-state index contributed by atoms with van der Waals surface area (Å²) in [6.07, 6.45) is 4.58. The summed E-state index contributed by atoms with van der Waals surface area (Å²) >= 11 is 6.30. The third kappa shape index (κ3) is 6.50. The van der Waals surface area contributed by atoms with Crippen LogP contribution in [0.1, 0.15) is 52.0 Å². The van der Waals surface area contributed by atoms with E-state index in [1.807, 2.05) is 26.8 Å². The molecule has 1 aliphatic heterocycles. The minimum absolute atomic E-state index is 0.0572. The van der Waals surface area contributed by atoms with Crippen LogP contribution in [0, 0.1) is 5.41 Å². The summed E-state index contributed by atoms with van der Waals surface area (Å²) in [7, 11) is 0. The van der Waals surface area contributed by atoms with Crippen molar-refractivity contribution < 1.29 is 14.3 Å². The zero-order chi connectivity index (χ0) is 19.2. The van der Waals surface area contributed by atoms with Crippen molar-refractivity contribution in [3.8, 4) is 0 Å². The molecule has 0 bridgehead atoms. The van der Waals surface area contributed by atoms with Crippen LogP contribution in [-0.2, 0) is 14.3 Å². The Morgan fingerprint density at radius 1 is 1.38 bits per heavy atom. The number of benzene rings is 1. The van der Waals surface area contributed by atoms with E-state index in [1.54, 1.807) is 6.07 Å². The van der Waals surface area contributed by atoms with Gasteiger partial charge in [0.2, 0.25) is 0 Å². The van der Waals surface area contributed by atoms with Crippen molar-refractivity contribution in [3.63, 3.8) is 0 Å². The maximum atomic E-state index is 11.8. The number of esters is 1. The molecule has 7 heteroatoms. The number of nitrogens with one attached hydrogen (secondary N) is 3. The first-order chi connectivity index (χ1) is 12.3. The summed E-state index contributed by atoms with van der Waals surface area (Å²) in [5.41, 5.74) is 1.70. The summed E-state index contributed by atoms with van der Waals surface area (Å²) in [6, 6.07) is 3.59. The molecule has 0 aliphatic carbocycles. The molecule has 0 radical (unpaired) electrons. The van der Waals surface area contributed by atoms with Crippen LogP contribution in [0.3, 0.4) is 0 Å². The second-order valence-corrected chi connectivity index (χ2v) is 7.73. The Hall–Kier alpha value is -1.79. The average molecular weight is 382 g/mol. The Morgan fingerprint density at radius 3 is 2.77 bits per heavy atom. The van der Waals surface area contributed by atoms with E-state index >= 15 is 0 Å². The Balaban J connectivity index is 2.00. The van der Waals surface area contributed by atoms with Gasteiger partial charge in [-0.05, 0) is 52.2 Å². The summed E-state index contributed by atoms with van der Waals surface area (Å²) in [4.78, 5) is 11.8. The zero-order valence-corrected chi connectivity index (χ0v) is 16.4. The lowest BCUT2D eigenvalue weighted by Crippen LogP contribution is -2.27. The zero-order valence-electron chi connectivity index (χ0n) is 15.7. The number of rotatable bonds is 7. The van der Waals surface area contributed by atoms with E-state index in [0.29, 0.717) is 22.8 Å². The molecule has 0 saturated carbocycles. The molecular weight excluding hydrogens is 354 g/mol. The SMILES string of the molecule is CC(C)(C)OC(=O)CCNc1cc(NC2CCCCO2)c(C=N)cc1Cl. The summed E-state index contributed by atoms with van der Waals surface area (Å²) in [5.74, 6) is -0.258. The van der Waals surface area contributed by atoms with Gasteiger partial charge in [0.15, 0.2) is 0 Å². The fraction of sp³-hybridized carbons (Fsp3) is 0.579. The van der Waals surface area contributed by atoms with Gasteiger partial charge in [-0.2, -0.15) is 0 Å². The monoisotopic (exact) mass is 381 g/mol. The summed E-state index contributed by atoms with van der Waals surface area (Å²) in [5, 5.41) is 14.6. The molecule has 3 N–H and O–H groups in total. The van der Waals surface area contributed by atoms with Crippen molar-refractivity contribution in [1.29, 1.82) is 5.41 Å². The van der Waals surface area contributed by atoms with Crippen molar-refractivity contribution in [1.82, 2.24) is 0 Å². The Morgan fingerprint density at radius 2 is 2.15 bits per heavy atom. The number of ether oxygens (including phenoxy) is 2. The molecule has 1 unspecified atom stereocenters. The van der Waals surface area contributed by atoms with Crippen LogP contribution in [0.2, 0.25) is 5.02 Å². The van der Waals surface area contributed by atoms with E-state index in [-0.39, 0.29) is 18.6 Å². The Labute approximate surface area is 160 Å². The minimum Gasteiger partial charge on any atom is -0.460 e. The van der Waals surface area contributed by atoms with Gasteiger partial charge in [-0.15, -0.1) is 0 Å². The van der Waals surface area contributed by atoms with E-state index in [4.69, 9.17) is 26.5 Å². The molecule has 1 aromatic carbocycles. The topological polar surface area (TPSA) is 83.4 Å². The third-order valence-corrected chi connectivity index (χ3v) is 4.17. The molecule has 0 amide bonds. The molecule has 2 rings (SSSR count). The van der Waals surface area contributed by atoms with E-state index in [1.165, 1.54) is 6.21 Å². The van der Waals surface area contributed by atoms with Crippen LogP contribution >= 0.6 is 11.6 Å². The normalized spacial score (nSPS) is 17.5. The van der Waals surface area contributed by atoms with Gasteiger partial charge in [0, 0.05) is 30.6 Å². The van der Waals surface area contributed by atoms with Crippen LogP contribution < -0.4 is 10.6 Å². The van der Waals surface area contributed by atoms with Crippen LogP contribution in [0.5, 0.6) is 0 Å². The number of carbonyl (C=O) groups excluding carboxylic acids is 1. The Bertz CT molecular complexity index is 638. The van der Waals surface area contributed by atoms with Crippen LogP contribution in [0.4, 0.5) is 11.4 Å². The lowest BCUT2D eigenvalue weighted by Gasteiger charge is -2.25. The maximum Gasteiger partial charge on any atom is 0.308 e. The lowest BCUT2D eigenvalue weighted by atomic mass is 10.1. The van der Waals surface area contributed by atoms with Gasteiger partial charge >= 0.3 is 5.97 Å². The first-order valence-electron chi connectivity index (χ1n) is 8.96. The number of hydrogen-bond acceptors (Lipinski definition) is 6. The molecule has 1 atom stereocenters. The highest BCUT2D eigenvalue weighted by atomic mass is 35.5. The highest BCUT2D eigenvalue weighted by Crippen LogP contribution is 2.30. The first-order valence-corrected chi connectivity index (χ1v) is 9.34. The highest BCUT2D eigenvalue weighted by molar-refractivity contribution is 6.33. The standard InChI is InChI=1S/C19H28ClN3O3/c1-19(2,3)26-18(24)7-8-22-16-11-15(13(12-21)10-14(16)20)23-17-6-4-5-9-25-17/h10-12,17,21-23H,4-9H2,1-3H3. The first kappa shape index (κ1) is 20.5. The molecule has 1 heterocycles. The second kappa shape index (κ2) is 9.24. The molecule has 1 aliphatic rings. The van der Waals surface area contributed by atoms with E-state index < -0.39 is 5.60 Å². The fourth-order valence-electron chi connectivity index (χ4n) is 2.69. The largest absolute Gasteiger partial charge is 0.460 e. The van der Waals surface area contributed by atoms with Crippen LogP contribution in [0.25, 0.3) is 0 Å². The molecule has 1 saturated heterocycles. The average Bonchev–Trinajstić information content (AvgIpc) is 2.56. The lowest BCUT2D eigenvalue weighted by molar-refractivity contribution is -0.154. The molecule has 1 aromatic rings. The van der Waals surface area contributed by atoms with Crippen molar-refractivity contribution in [2.75, 3.05) is 23.8 Å². The van der Waals surface area contributed by atoms with Gasteiger partial charge in [0.25, 0.3) is 0 Å². The molecular formula is C19H28ClN3O3. The number of carbonyl (C=O) groups is 1. The van der Waals surface area contributed by atoms with Gasteiger partial charge in [0.1, 0.15) is 11.8 Å². The summed E-state index contributed by atoms with van der Waals surface area (Å²) in [6.45, 7) is 6.69. The predicted molar refractivity (Wildman–Crippen MR) is 106 cm³/mol. The number of anilines is 2. The third-order valence-electron chi connectivity index (χ3n) is 3.86. The molecule has 6 nitrogen and oxygen atoms in total. The van der Waals surface area contributed by atoms with Gasteiger partial charge in [-0.3, -0.25) is 4.79 Å². The fourth-order valence-corrected chi connectivity index (χ4v) is 2.93. The van der Waals surface area contributed by atoms with Crippen LogP contribution in [-0.4, -0.2) is 37.2 Å². The van der Waals surface area contributed by atoms with Gasteiger partial charge in [-0.25, -0.2) is 0 Å². The number of hydrogen-bond donors (Lipinski definition) is 3. The number of halogens is 1. The van der Waals surface area contributed by atoms with Gasteiger partial charge in [0.05, 0.1) is 17.1 Å². The minimum atomic E-state index is -0.489. The van der Waals surface area contributed by atoms with Crippen molar-refractivity contribution >= 4 is 35.2 Å². The van der Waals surface area contributed by atoms with Crippen LogP contribution in [0.15, 0.2) is 12.1 Å². The van der Waals surface area contributed by atoms with E-state index in [0.717, 1.165) is 31.6 Å². The van der Waals surface area contributed by atoms with E-state index in [2.05, 4.69) is 10.6 Å². The second-order valence-electron chi connectivity index (χ2n) is 7.33. The van der Waals surface area contributed by atoms with Crippen molar-refractivity contribution in [2.24, 2.45) is 0 Å². The van der Waals surface area contributed by atoms with E-state index in [9.17, 15) is 4.79 Å².